The lowest BCUT2D eigenvalue weighted by atomic mass is 10.2. The number of hydrogen-bond donors (Lipinski definition) is 0. The number of benzene rings is 2. The van der Waals surface area contributed by atoms with Crippen molar-refractivity contribution >= 4 is 46.6 Å². The summed E-state index contributed by atoms with van der Waals surface area (Å²) in [5.41, 5.74) is 1.68. The average molecular weight is 450 g/mol. The summed E-state index contributed by atoms with van der Waals surface area (Å²) in [7, 11) is 1.49. The van der Waals surface area contributed by atoms with Crippen molar-refractivity contribution in [3.63, 3.8) is 0 Å². The van der Waals surface area contributed by atoms with Crippen LogP contribution in [0.25, 0.3) is 11.1 Å². The molecule has 0 aliphatic rings. The quantitative estimate of drug-likeness (QED) is 0.223. The Morgan fingerprint density at radius 3 is 2.65 bits per heavy atom. The molecule has 0 radical (unpaired) electrons. The predicted molar refractivity (Wildman–Crippen MR) is 126 cm³/mol. The van der Waals surface area contributed by atoms with E-state index in [0.29, 0.717) is 11.6 Å². The maximum atomic E-state index is 13.0. The highest BCUT2D eigenvalue weighted by Gasteiger charge is 2.15. The van der Waals surface area contributed by atoms with Gasteiger partial charge in [-0.25, -0.2) is 14.5 Å². The minimum Gasteiger partial charge on any atom is -0.493 e. The molecule has 156 valence electrons. The minimum absolute atomic E-state index is 0.0149. The monoisotopic (exact) mass is 449 g/mol. The second-order valence-electron chi connectivity index (χ2n) is 6.72. The van der Waals surface area contributed by atoms with E-state index in [4.69, 9.17) is 21.4 Å². The van der Waals surface area contributed by atoms with Crippen LogP contribution in [-0.4, -0.2) is 22.5 Å². The molecule has 31 heavy (non-hydrogen) atoms. The molecule has 2 aromatic carbocycles. The summed E-state index contributed by atoms with van der Waals surface area (Å²) < 4.78 is 12.2. The summed E-state index contributed by atoms with van der Waals surface area (Å²) in [6, 6.07) is 17.8. The predicted octanol–water partition coefficient (Wildman–Crippen LogP) is 5.79. The lowest BCUT2D eigenvalue weighted by Gasteiger charge is -2.09. The van der Waals surface area contributed by atoms with E-state index in [1.165, 1.54) is 17.9 Å². The fraction of sp³-hybridized carbons (Fsp3) is 0.130. The molecule has 6 nitrogen and oxygen atoms in total. The van der Waals surface area contributed by atoms with Gasteiger partial charge < -0.3 is 9.15 Å². The Labute approximate surface area is 188 Å². The van der Waals surface area contributed by atoms with Crippen molar-refractivity contribution in [2.45, 2.75) is 23.6 Å². The number of aryl methyl sites for hydroxylation is 1. The summed E-state index contributed by atoms with van der Waals surface area (Å²) in [4.78, 5) is 24.1. The Hall–Kier alpha value is -3.23. The van der Waals surface area contributed by atoms with Crippen LogP contribution in [0.3, 0.4) is 0 Å². The van der Waals surface area contributed by atoms with E-state index < -0.39 is 5.56 Å². The van der Waals surface area contributed by atoms with Gasteiger partial charge in [0.25, 0.3) is 10.4 Å². The molecule has 0 aliphatic heterocycles. The van der Waals surface area contributed by atoms with E-state index >= 15 is 0 Å². The van der Waals surface area contributed by atoms with Gasteiger partial charge in [0.05, 0.1) is 12.8 Å². The maximum absolute atomic E-state index is 13.0. The molecule has 0 atom stereocenters. The van der Waals surface area contributed by atoms with Gasteiger partial charge in [-0.3, -0.25) is 4.79 Å². The Morgan fingerprint density at radius 1 is 1.16 bits per heavy atom. The lowest BCUT2D eigenvalue weighted by Crippen LogP contribution is -2.26. The Morgan fingerprint density at radius 2 is 1.94 bits per heavy atom. The van der Waals surface area contributed by atoms with Crippen molar-refractivity contribution in [1.29, 1.82) is 0 Å². The first-order valence-electron chi connectivity index (χ1n) is 9.46. The molecule has 0 N–H and O–H groups in total. The average Bonchev–Trinajstić information content (AvgIpc) is 2.76. The topological polar surface area (TPSA) is 69.6 Å². The van der Waals surface area contributed by atoms with Crippen LogP contribution in [-0.2, 0) is 0 Å². The van der Waals surface area contributed by atoms with Gasteiger partial charge in [-0.2, -0.15) is 0 Å². The molecule has 0 spiro atoms. The van der Waals surface area contributed by atoms with E-state index in [1.807, 2.05) is 37.3 Å². The fourth-order valence-electron chi connectivity index (χ4n) is 3.11. The van der Waals surface area contributed by atoms with Crippen LogP contribution in [0.1, 0.15) is 12.5 Å². The molecule has 4 aromatic rings. The van der Waals surface area contributed by atoms with Crippen LogP contribution in [0.15, 0.2) is 84.8 Å². The SMILES string of the molecule is COc1ccnc2c(=O)n(/C(C)=N/c3ccc(Sc4ccccc4)cc3C)c(=S)oc12. The number of nitrogens with zero attached hydrogens (tertiary/aromatic N) is 3. The van der Waals surface area contributed by atoms with E-state index in [9.17, 15) is 4.79 Å². The first-order valence-corrected chi connectivity index (χ1v) is 10.7. The van der Waals surface area contributed by atoms with Gasteiger partial charge in [-0.05, 0) is 62.0 Å². The van der Waals surface area contributed by atoms with E-state index in [0.717, 1.165) is 21.0 Å². The summed E-state index contributed by atoms with van der Waals surface area (Å²) in [6.07, 6.45) is 1.49. The number of hydrogen-bond acceptors (Lipinski definition) is 7. The van der Waals surface area contributed by atoms with Crippen molar-refractivity contribution in [1.82, 2.24) is 9.55 Å². The molecule has 0 aliphatic carbocycles. The molecule has 0 fully saturated rings. The molecule has 0 saturated carbocycles. The van der Waals surface area contributed by atoms with Crippen LogP contribution in [0.5, 0.6) is 5.75 Å². The van der Waals surface area contributed by atoms with Crippen LogP contribution in [0.4, 0.5) is 5.69 Å². The van der Waals surface area contributed by atoms with Gasteiger partial charge in [0.15, 0.2) is 11.3 Å². The van der Waals surface area contributed by atoms with E-state index in [2.05, 4.69) is 28.2 Å². The lowest BCUT2D eigenvalue weighted by molar-refractivity contribution is 0.405. The number of rotatable bonds is 4. The molecule has 8 heteroatoms. The van der Waals surface area contributed by atoms with Crippen molar-refractivity contribution in [3.8, 4) is 5.75 Å². The molecular weight excluding hydrogens is 430 g/mol. The first-order chi connectivity index (χ1) is 15.0. The molecule has 0 unspecified atom stereocenters. The highest BCUT2D eigenvalue weighted by molar-refractivity contribution is 7.99. The summed E-state index contributed by atoms with van der Waals surface area (Å²) in [5.74, 6) is 0.800. The number of aliphatic imine (C=N–C) groups is 1. The van der Waals surface area contributed by atoms with E-state index in [-0.39, 0.29) is 15.9 Å². The number of fused-ring (bicyclic) bond motifs is 1. The Bertz CT molecular complexity index is 1410. The number of pyridine rings is 1. The molecule has 4 rings (SSSR count). The van der Waals surface area contributed by atoms with Crippen molar-refractivity contribution in [3.05, 3.63) is 81.5 Å². The first kappa shape index (κ1) is 21.0. The van der Waals surface area contributed by atoms with Crippen LogP contribution >= 0.6 is 24.0 Å². The third kappa shape index (κ3) is 4.30. The van der Waals surface area contributed by atoms with Crippen molar-refractivity contribution < 1.29 is 9.15 Å². The van der Waals surface area contributed by atoms with Crippen LogP contribution in [0, 0.1) is 11.8 Å². The summed E-state index contributed by atoms with van der Waals surface area (Å²) in [5, 5.41) is 0. The number of aromatic nitrogens is 2. The fourth-order valence-corrected chi connectivity index (χ4v) is 4.34. The van der Waals surface area contributed by atoms with Gasteiger partial charge in [0.2, 0.25) is 5.58 Å². The summed E-state index contributed by atoms with van der Waals surface area (Å²) >= 11 is 7.00. The third-order valence-corrected chi connectivity index (χ3v) is 5.88. The molecule has 0 amide bonds. The van der Waals surface area contributed by atoms with E-state index in [1.54, 1.807) is 24.8 Å². The van der Waals surface area contributed by atoms with Gasteiger partial charge >= 0.3 is 0 Å². The molecule has 2 heterocycles. The van der Waals surface area contributed by atoms with Crippen LogP contribution in [0.2, 0.25) is 0 Å². The smallest absolute Gasteiger partial charge is 0.289 e. The molecule has 0 bridgehead atoms. The normalized spacial score (nSPS) is 11.6. The van der Waals surface area contributed by atoms with Gasteiger partial charge in [-0.15, -0.1) is 0 Å². The molecule has 2 aromatic heterocycles. The van der Waals surface area contributed by atoms with Gasteiger partial charge in [-0.1, -0.05) is 30.0 Å². The Balaban J connectivity index is 1.72. The Kier molecular flexibility index (Phi) is 6.01. The minimum atomic E-state index is -0.402. The third-order valence-electron chi connectivity index (χ3n) is 4.62. The van der Waals surface area contributed by atoms with Crippen molar-refractivity contribution in [2.24, 2.45) is 4.99 Å². The maximum Gasteiger partial charge on any atom is 0.289 e. The zero-order valence-electron chi connectivity index (χ0n) is 17.2. The standard InChI is InChI=1S/C23H19N3O3S2/c1-14-13-17(31-16-7-5-4-6-8-16)9-10-18(14)25-15(2)26-22(27)20-21(29-23(26)30)19(28-3)11-12-24-20/h4-13H,1-3H3/b25-15+. The second-order valence-corrected chi connectivity index (χ2v) is 8.22. The van der Waals surface area contributed by atoms with Crippen LogP contribution < -0.4 is 10.3 Å². The largest absolute Gasteiger partial charge is 0.493 e. The highest BCUT2D eigenvalue weighted by Crippen LogP contribution is 2.31. The second kappa shape index (κ2) is 8.87. The van der Waals surface area contributed by atoms with Crippen molar-refractivity contribution in [2.75, 3.05) is 7.11 Å². The number of methoxy groups -OCH3 is 1. The zero-order valence-corrected chi connectivity index (χ0v) is 18.8. The van der Waals surface area contributed by atoms with Gasteiger partial charge in [0.1, 0.15) is 5.84 Å². The molecular formula is C23H19N3O3S2. The zero-order chi connectivity index (χ0) is 22.0. The molecule has 0 saturated heterocycles. The van der Waals surface area contributed by atoms with Gasteiger partial charge in [0, 0.05) is 22.1 Å². The number of ether oxygens (including phenoxy) is 1. The highest BCUT2D eigenvalue weighted by atomic mass is 32.2. The summed E-state index contributed by atoms with van der Waals surface area (Å²) in [6.45, 7) is 3.69.